The largest absolute Gasteiger partial charge is 0.390 e. The van der Waals surface area contributed by atoms with E-state index in [0.29, 0.717) is 5.25 Å². The Balaban J connectivity index is 1.79. The molecule has 3 atom stereocenters. The molecular formula is C9H17NO3S2. The van der Waals surface area contributed by atoms with Crippen LogP contribution in [0.2, 0.25) is 0 Å². The minimum atomic E-state index is -3.01. The van der Waals surface area contributed by atoms with Crippen LogP contribution in [-0.4, -0.2) is 54.7 Å². The highest BCUT2D eigenvalue weighted by Crippen LogP contribution is 2.25. The summed E-state index contributed by atoms with van der Waals surface area (Å²) < 4.78 is 22.5. The molecule has 2 aliphatic rings. The zero-order chi connectivity index (χ0) is 10.9. The van der Waals surface area contributed by atoms with E-state index in [4.69, 9.17) is 0 Å². The van der Waals surface area contributed by atoms with Crippen LogP contribution in [0.15, 0.2) is 0 Å². The zero-order valence-electron chi connectivity index (χ0n) is 8.55. The van der Waals surface area contributed by atoms with Crippen LogP contribution in [-0.2, 0) is 9.84 Å². The van der Waals surface area contributed by atoms with E-state index in [0.717, 1.165) is 6.54 Å². The van der Waals surface area contributed by atoms with Crippen molar-refractivity contribution in [1.29, 1.82) is 0 Å². The Morgan fingerprint density at radius 1 is 1.40 bits per heavy atom. The van der Waals surface area contributed by atoms with E-state index in [9.17, 15) is 13.5 Å². The lowest BCUT2D eigenvalue weighted by atomic mass is 10.2. The Hall–Kier alpha value is 0.220. The molecule has 0 aromatic heterocycles. The number of aliphatic hydroxyl groups is 1. The molecule has 0 bridgehead atoms. The van der Waals surface area contributed by atoms with Gasteiger partial charge in [-0.1, -0.05) is 0 Å². The fraction of sp³-hybridized carbons (Fsp3) is 1.00. The normalized spacial score (nSPS) is 39.7. The average molecular weight is 251 g/mol. The Bertz CT molecular complexity index is 311. The molecule has 2 aliphatic heterocycles. The predicted octanol–water partition coefficient (Wildman–Crippen LogP) is -0.370. The van der Waals surface area contributed by atoms with Crippen molar-refractivity contribution in [2.45, 2.75) is 30.2 Å². The molecule has 2 saturated heterocycles. The maximum Gasteiger partial charge on any atom is 0.154 e. The summed E-state index contributed by atoms with van der Waals surface area (Å²) in [6.07, 6.45) is 1.73. The highest BCUT2D eigenvalue weighted by atomic mass is 32.2. The van der Waals surface area contributed by atoms with Crippen molar-refractivity contribution < 1.29 is 13.5 Å². The van der Waals surface area contributed by atoms with Crippen LogP contribution < -0.4 is 5.32 Å². The summed E-state index contributed by atoms with van der Waals surface area (Å²) in [7, 11) is -3.01. The summed E-state index contributed by atoms with van der Waals surface area (Å²) in [5.74, 6) is 1.21. The van der Waals surface area contributed by atoms with Crippen molar-refractivity contribution in [1.82, 2.24) is 5.32 Å². The molecule has 0 spiro atoms. The predicted molar refractivity (Wildman–Crippen MR) is 61.9 cm³/mol. The highest BCUT2D eigenvalue weighted by molar-refractivity contribution is 8.00. The van der Waals surface area contributed by atoms with E-state index in [2.05, 4.69) is 5.32 Å². The summed E-state index contributed by atoms with van der Waals surface area (Å²) in [6.45, 7) is 0.821. The minimum absolute atomic E-state index is 0.0809. The van der Waals surface area contributed by atoms with E-state index in [1.165, 1.54) is 18.6 Å². The van der Waals surface area contributed by atoms with Gasteiger partial charge in [-0.05, 0) is 18.6 Å². The summed E-state index contributed by atoms with van der Waals surface area (Å²) in [6, 6.07) is -0.254. The molecule has 0 saturated carbocycles. The summed E-state index contributed by atoms with van der Waals surface area (Å²) in [4.78, 5) is 0. The maximum atomic E-state index is 11.2. The first-order chi connectivity index (χ1) is 7.07. The summed E-state index contributed by atoms with van der Waals surface area (Å²) >= 11 is 1.93. The van der Waals surface area contributed by atoms with Crippen LogP contribution in [0.4, 0.5) is 0 Å². The third kappa shape index (κ3) is 3.09. The molecule has 15 heavy (non-hydrogen) atoms. The van der Waals surface area contributed by atoms with Crippen molar-refractivity contribution in [3.63, 3.8) is 0 Å². The van der Waals surface area contributed by atoms with Crippen LogP contribution >= 0.6 is 11.8 Å². The Morgan fingerprint density at radius 3 is 2.73 bits per heavy atom. The summed E-state index contributed by atoms with van der Waals surface area (Å²) in [5, 5.41) is 13.3. The van der Waals surface area contributed by atoms with E-state index in [-0.39, 0.29) is 17.5 Å². The molecule has 2 N–H and O–H groups in total. The molecule has 2 rings (SSSR count). The van der Waals surface area contributed by atoms with Gasteiger partial charge in [-0.15, -0.1) is 0 Å². The molecule has 88 valence electrons. The summed E-state index contributed by atoms with van der Waals surface area (Å²) in [5.41, 5.74) is 0. The third-order valence-electron chi connectivity index (χ3n) is 2.95. The average Bonchev–Trinajstić information content (AvgIpc) is 2.70. The first-order valence-corrected chi connectivity index (χ1v) is 8.17. The molecule has 2 fully saturated rings. The fourth-order valence-corrected chi connectivity index (χ4v) is 5.10. The molecular weight excluding hydrogens is 234 g/mol. The van der Waals surface area contributed by atoms with Crippen LogP contribution in [0.3, 0.4) is 0 Å². The van der Waals surface area contributed by atoms with Crippen LogP contribution in [0.1, 0.15) is 12.8 Å². The number of sulfone groups is 1. The zero-order valence-corrected chi connectivity index (χ0v) is 10.2. The topological polar surface area (TPSA) is 66.4 Å². The van der Waals surface area contributed by atoms with Gasteiger partial charge < -0.3 is 10.4 Å². The monoisotopic (exact) mass is 251 g/mol. The standard InChI is InChI=1S/C9H17NO3S2/c11-9-6-15(12,13)5-8(9)10-4-7-2-1-3-14-7/h7-11H,1-6H2. The van der Waals surface area contributed by atoms with Crippen molar-refractivity contribution in [2.75, 3.05) is 23.8 Å². The molecule has 2 heterocycles. The number of rotatable bonds is 3. The van der Waals surface area contributed by atoms with Gasteiger partial charge in [0.1, 0.15) is 0 Å². The second-order valence-electron chi connectivity index (χ2n) is 4.29. The van der Waals surface area contributed by atoms with E-state index < -0.39 is 15.9 Å². The Morgan fingerprint density at radius 2 is 2.20 bits per heavy atom. The van der Waals surface area contributed by atoms with Gasteiger partial charge in [0, 0.05) is 17.8 Å². The smallest absolute Gasteiger partial charge is 0.154 e. The molecule has 0 aromatic carbocycles. The van der Waals surface area contributed by atoms with Crippen molar-refractivity contribution >= 4 is 21.6 Å². The number of hydrogen-bond donors (Lipinski definition) is 2. The van der Waals surface area contributed by atoms with E-state index >= 15 is 0 Å². The van der Waals surface area contributed by atoms with Gasteiger partial charge in [0.15, 0.2) is 9.84 Å². The maximum absolute atomic E-state index is 11.2. The molecule has 6 heteroatoms. The van der Waals surface area contributed by atoms with Gasteiger partial charge >= 0.3 is 0 Å². The molecule has 4 nitrogen and oxygen atoms in total. The van der Waals surface area contributed by atoms with Crippen LogP contribution in [0, 0.1) is 0 Å². The van der Waals surface area contributed by atoms with Gasteiger partial charge in [0.05, 0.1) is 17.6 Å². The van der Waals surface area contributed by atoms with E-state index in [1.54, 1.807) is 0 Å². The minimum Gasteiger partial charge on any atom is -0.390 e. The Kier molecular flexibility index (Phi) is 3.59. The quantitative estimate of drug-likeness (QED) is 0.716. The first-order valence-electron chi connectivity index (χ1n) is 5.30. The van der Waals surface area contributed by atoms with Gasteiger partial charge in [0.2, 0.25) is 0 Å². The number of nitrogens with one attached hydrogen (secondary N) is 1. The van der Waals surface area contributed by atoms with E-state index in [1.807, 2.05) is 11.8 Å². The Labute approximate surface area is 94.7 Å². The number of thioether (sulfide) groups is 1. The number of hydrogen-bond acceptors (Lipinski definition) is 5. The molecule has 0 aromatic rings. The van der Waals surface area contributed by atoms with Crippen molar-refractivity contribution in [2.24, 2.45) is 0 Å². The molecule has 0 amide bonds. The molecule has 0 radical (unpaired) electrons. The van der Waals surface area contributed by atoms with Crippen molar-refractivity contribution in [3.05, 3.63) is 0 Å². The second-order valence-corrected chi connectivity index (χ2v) is 7.86. The van der Waals surface area contributed by atoms with Crippen LogP contribution in [0.5, 0.6) is 0 Å². The third-order valence-corrected chi connectivity index (χ3v) is 6.07. The second kappa shape index (κ2) is 4.61. The first kappa shape index (κ1) is 11.7. The van der Waals surface area contributed by atoms with Gasteiger partial charge in [-0.2, -0.15) is 11.8 Å². The molecule has 3 unspecified atom stereocenters. The van der Waals surface area contributed by atoms with Crippen LogP contribution in [0.25, 0.3) is 0 Å². The van der Waals surface area contributed by atoms with Crippen molar-refractivity contribution in [3.8, 4) is 0 Å². The lowest BCUT2D eigenvalue weighted by Gasteiger charge is -2.17. The lowest BCUT2D eigenvalue weighted by molar-refractivity contribution is 0.166. The van der Waals surface area contributed by atoms with Gasteiger partial charge in [-0.25, -0.2) is 8.42 Å². The number of aliphatic hydroxyl groups excluding tert-OH is 1. The highest BCUT2D eigenvalue weighted by Gasteiger charge is 2.36. The van der Waals surface area contributed by atoms with Gasteiger partial charge in [-0.3, -0.25) is 0 Å². The fourth-order valence-electron chi connectivity index (χ4n) is 2.11. The SMILES string of the molecule is O=S1(=O)CC(O)C(NCC2CCCS2)C1. The lowest BCUT2D eigenvalue weighted by Crippen LogP contribution is -2.41. The van der Waals surface area contributed by atoms with Gasteiger partial charge in [0.25, 0.3) is 0 Å². The molecule has 0 aliphatic carbocycles.